The first-order valence-electron chi connectivity index (χ1n) is 5.77. The van der Waals surface area contributed by atoms with E-state index in [9.17, 15) is 5.11 Å². The highest BCUT2D eigenvalue weighted by Gasteiger charge is 2.14. The molecule has 0 bridgehead atoms. The Balaban J connectivity index is 2.07. The molecule has 18 heavy (non-hydrogen) atoms. The molecule has 1 N–H and O–H groups in total. The Kier molecular flexibility index (Phi) is 3.06. The summed E-state index contributed by atoms with van der Waals surface area (Å²) in [4.78, 5) is 4.10. The predicted molar refractivity (Wildman–Crippen MR) is 74.7 cm³/mol. The molecule has 3 rings (SSSR count). The Morgan fingerprint density at radius 3 is 2.94 bits per heavy atom. The third-order valence-electron chi connectivity index (χ3n) is 3.12. The molecule has 0 saturated heterocycles. The lowest BCUT2D eigenvalue weighted by Gasteiger charge is -2.06. The van der Waals surface area contributed by atoms with Crippen molar-refractivity contribution in [1.82, 2.24) is 0 Å². The summed E-state index contributed by atoms with van der Waals surface area (Å²) in [6.45, 7) is -0.00627. The second-order valence-electron chi connectivity index (χ2n) is 4.37. The number of hydrogen-bond donors (Lipinski definition) is 1. The summed E-state index contributed by atoms with van der Waals surface area (Å²) in [5.41, 5.74) is 2.81. The Morgan fingerprint density at radius 2 is 2.22 bits per heavy atom. The molecule has 2 heterocycles. The van der Waals surface area contributed by atoms with Crippen LogP contribution in [0.1, 0.15) is 11.1 Å². The Bertz CT molecular complexity index is 631. The van der Waals surface area contributed by atoms with E-state index < -0.39 is 0 Å². The van der Waals surface area contributed by atoms with Crippen LogP contribution in [0.5, 0.6) is 0 Å². The second kappa shape index (κ2) is 4.71. The van der Waals surface area contributed by atoms with Gasteiger partial charge in [-0.15, -0.1) is 0 Å². The molecule has 1 aliphatic heterocycles. The molecule has 1 aromatic carbocycles. The molecule has 92 valence electrons. The lowest BCUT2D eigenvalue weighted by atomic mass is 9.99. The quantitative estimate of drug-likeness (QED) is 0.944. The molecular weight excluding hydrogens is 294 g/mol. The van der Waals surface area contributed by atoms with E-state index in [0.29, 0.717) is 5.92 Å². The molecule has 1 aromatic heterocycles. The number of furan rings is 1. The number of aliphatic imine (C=N–C) groups is 1. The maximum absolute atomic E-state index is 9.28. The summed E-state index contributed by atoms with van der Waals surface area (Å²) in [6.07, 6.45) is 8.31. The van der Waals surface area contributed by atoms with E-state index in [-0.39, 0.29) is 6.61 Å². The number of hydrogen-bond acceptors (Lipinski definition) is 3. The van der Waals surface area contributed by atoms with E-state index in [4.69, 9.17) is 4.42 Å². The van der Waals surface area contributed by atoms with E-state index in [2.05, 4.69) is 33.1 Å². The SMILES string of the molecule is OCc1coc2c(CC3C=CN=C3)cc(Br)cc12. The van der Waals surface area contributed by atoms with Crippen molar-refractivity contribution in [3.05, 3.63) is 46.3 Å². The van der Waals surface area contributed by atoms with Crippen molar-refractivity contribution in [2.24, 2.45) is 10.9 Å². The van der Waals surface area contributed by atoms with Crippen molar-refractivity contribution in [3.8, 4) is 0 Å². The summed E-state index contributed by atoms with van der Waals surface area (Å²) < 4.78 is 6.59. The summed E-state index contributed by atoms with van der Waals surface area (Å²) >= 11 is 3.51. The molecular formula is C14H12BrNO2. The summed E-state index contributed by atoms with van der Waals surface area (Å²) in [5.74, 6) is 0.324. The Labute approximate surface area is 113 Å². The second-order valence-corrected chi connectivity index (χ2v) is 5.28. The topological polar surface area (TPSA) is 45.7 Å². The minimum atomic E-state index is -0.00627. The number of fused-ring (bicyclic) bond motifs is 1. The molecule has 0 saturated carbocycles. The van der Waals surface area contributed by atoms with Gasteiger partial charge in [-0.1, -0.05) is 22.0 Å². The number of allylic oxidation sites excluding steroid dienone is 1. The van der Waals surface area contributed by atoms with Gasteiger partial charge in [0.1, 0.15) is 5.58 Å². The van der Waals surface area contributed by atoms with Crippen LogP contribution in [0, 0.1) is 5.92 Å². The Morgan fingerprint density at radius 1 is 1.33 bits per heavy atom. The fraction of sp³-hybridized carbons (Fsp3) is 0.214. The molecule has 0 aliphatic carbocycles. The first-order valence-corrected chi connectivity index (χ1v) is 6.56. The number of benzene rings is 1. The van der Waals surface area contributed by atoms with Crippen molar-refractivity contribution in [2.75, 3.05) is 0 Å². The Hall–Kier alpha value is -1.39. The predicted octanol–water partition coefficient (Wildman–Crippen LogP) is 3.44. The molecule has 1 unspecified atom stereocenters. The van der Waals surface area contributed by atoms with Gasteiger partial charge in [-0.25, -0.2) is 0 Å². The van der Waals surface area contributed by atoms with E-state index in [1.807, 2.05) is 18.5 Å². The zero-order valence-electron chi connectivity index (χ0n) is 9.64. The van der Waals surface area contributed by atoms with Gasteiger partial charge in [-0.05, 0) is 24.1 Å². The average Bonchev–Trinajstić information content (AvgIpc) is 2.97. The van der Waals surface area contributed by atoms with Crippen LogP contribution in [0.3, 0.4) is 0 Å². The molecule has 0 amide bonds. The van der Waals surface area contributed by atoms with Gasteiger partial charge in [0, 0.05) is 33.8 Å². The number of aliphatic hydroxyl groups excluding tert-OH is 1. The minimum absolute atomic E-state index is 0.00627. The molecule has 0 spiro atoms. The van der Waals surface area contributed by atoms with Gasteiger partial charge in [0.25, 0.3) is 0 Å². The van der Waals surface area contributed by atoms with Gasteiger partial charge in [0.05, 0.1) is 12.9 Å². The first-order chi connectivity index (χ1) is 8.78. The molecule has 4 heteroatoms. The molecule has 3 nitrogen and oxygen atoms in total. The van der Waals surface area contributed by atoms with Crippen LogP contribution in [0.25, 0.3) is 11.0 Å². The molecule has 1 atom stereocenters. The highest BCUT2D eigenvalue weighted by atomic mass is 79.9. The maximum atomic E-state index is 9.28. The molecule has 0 radical (unpaired) electrons. The van der Waals surface area contributed by atoms with E-state index >= 15 is 0 Å². The fourth-order valence-corrected chi connectivity index (χ4v) is 2.75. The summed E-state index contributed by atoms with van der Waals surface area (Å²) in [7, 11) is 0. The largest absolute Gasteiger partial charge is 0.464 e. The minimum Gasteiger partial charge on any atom is -0.464 e. The highest BCUT2D eigenvalue weighted by Crippen LogP contribution is 2.30. The van der Waals surface area contributed by atoms with Crippen molar-refractivity contribution in [1.29, 1.82) is 0 Å². The van der Waals surface area contributed by atoms with Crippen LogP contribution in [-0.4, -0.2) is 11.3 Å². The lowest BCUT2D eigenvalue weighted by molar-refractivity contribution is 0.281. The van der Waals surface area contributed by atoms with Crippen molar-refractivity contribution in [2.45, 2.75) is 13.0 Å². The average molecular weight is 306 g/mol. The van der Waals surface area contributed by atoms with Crippen molar-refractivity contribution < 1.29 is 9.52 Å². The smallest absolute Gasteiger partial charge is 0.137 e. The monoisotopic (exact) mass is 305 g/mol. The van der Waals surface area contributed by atoms with Gasteiger partial charge in [-0.3, -0.25) is 4.99 Å². The molecule has 0 fully saturated rings. The van der Waals surface area contributed by atoms with E-state index in [1.54, 1.807) is 6.26 Å². The zero-order valence-corrected chi connectivity index (χ0v) is 11.2. The van der Waals surface area contributed by atoms with E-state index in [0.717, 1.165) is 33.0 Å². The normalized spacial score (nSPS) is 18.0. The fourth-order valence-electron chi connectivity index (χ4n) is 2.24. The van der Waals surface area contributed by atoms with Gasteiger partial charge in [0.2, 0.25) is 0 Å². The van der Waals surface area contributed by atoms with Gasteiger partial charge in [0.15, 0.2) is 0 Å². The third-order valence-corrected chi connectivity index (χ3v) is 3.58. The number of nitrogens with zero attached hydrogens (tertiary/aromatic N) is 1. The zero-order chi connectivity index (χ0) is 12.5. The number of aliphatic hydroxyl groups is 1. The maximum Gasteiger partial charge on any atom is 0.137 e. The lowest BCUT2D eigenvalue weighted by Crippen LogP contribution is -2.00. The van der Waals surface area contributed by atoms with Crippen LogP contribution in [-0.2, 0) is 13.0 Å². The summed E-state index contributed by atoms with van der Waals surface area (Å²) in [5, 5.41) is 10.3. The van der Waals surface area contributed by atoms with Gasteiger partial charge in [-0.2, -0.15) is 0 Å². The van der Waals surface area contributed by atoms with Crippen molar-refractivity contribution in [3.63, 3.8) is 0 Å². The van der Waals surface area contributed by atoms with Crippen LogP contribution < -0.4 is 0 Å². The van der Waals surface area contributed by atoms with Crippen LogP contribution >= 0.6 is 15.9 Å². The van der Waals surface area contributed by atoms with E-state index in [1.165, 1.54) is 0 Å². The highest BCUT2D eigenvalue weighted by molar-refractivity contribution is 9.10. The number of rotatable bonds is 3. The van der Waals surface area contributed by atoms with Crippen LogP contribution in [0.2, 0.25) is 0 Å². The third kappa shape index (κ3) is 2.02. The van der Waals surface area contributed by atoms with Crippen molar-refractivity contribution >= 4 is 33.1 Å². The first kappa shape index (κ1) is 11.7. The van der Waals surface area contributed by atoms with Gasteiger partial charge < -0.3 is 9.52 Å². The standard InChI is InChI=1S/C14H12BrNO2/c15-12-4-10(3-9-1-2-16-6-9)14-13(5-12)11(7-17)8-18-14/h1-2,4-6,8-9,17H,3,7H2. The molecule has 1 aliphatic rings. The summed E-state index contributed by atoms with van der Waals surface area (Å²) in [6, 6.07) is 4.04. The van der Waals surface area contributed by atoms with Crippen LogP contribution in [0.15, 0.2) is 44.6 Å². The number of halogens is 1. The van der Waals surface area contributed by atoms with Crippen LogP contribution in [0.4, 0.5) is 0 Å². The molecule has 2 aromatic rings. The van der Waals surface area contributed by atoms with Gasteiger partial charge >= 0.3 is 0 Å².